The predicted octanol–water partition coefficient (Wildman–Crippen LogP) is 4.01. The number of para-hydroxylation sites is 1. The minimum atomic E-state index is -0.294. The summed E-state index contributed by atoms with van der Waals surface area (Å²) in [6, 6.07) is 11.3. The van der Waals surface area contributed by atoms with Gasteiger partial charge in [-0.25, -0.2) is 4.39 Å². The third-order valence-electron chi connectivity index (χ3n) is 3.12. The fourth-order valence-electron chi connectivity index (χ4n) is 1.97. The van der Waals surface area contributed by atoms with Gasteiger partial charge in [-0.2, -0.15) is 0 Å². The molecule has 0 atom stereocenters. The van der Waals surface area contributed by atoms with Crippen molar-refractivity contribution >= 4 is 5.78 Å². The smallest absolute Gasteiger partial charge is 0.172 e. The molecule has 0 bridgehead atoms. The summed E-state index contributed by atoms with van der Waals surface area (Å²) in [6.07, 6.45) is 0.389. The number of carbonyl (C=O) groups excluding carboxylic acids is 1. The number of Topliss-reactive ketones (excluding diaryl/α,β-unsaturated/α-hetero) is 1. The van der Waals surface area contributed by atoms with E-state index in [-0.39, 0.29) is 18.2 Å². The van der Waals surface area contributed by atoms with E-state index in [1.165, 1.54) is 19.2 Å². The van der Waals surface area contributed by atoms with E-state index in [4.69, 9.17) is 9.47 Å². The van der Waals surface area contributed by atoms with Crippen molar-refractivity contribution in [1.29, 1.82) is 0 Å². The molecule has 3 nitrogen and oxygen atoms in total. The van der Waals surface area contributed by atoms with Gasteiger partial charge in [0.1, 0.15) is 12.4 Å². The monoisotopic (exact) mass is 288 g/mol. The SMILES string of the molecule is CCC(=O)c1cccc(OC)c1OCc1ccc(F)cc1. The van der Waals surface area contributed by atoms with Crippen LogP contribution in [0.25, 0.3) is 0 Å². The van der Waals surface area contributed by atoms with E-state index >= 15 is 0 Å². The summed E-state index contributed by atoms with van der Waals surface area (Å²) < 4.78 is 23.9. The van der Waals surface area contributed by atoms with Gasteiger partial charge in [0.05, 0.1) is 12.7 Å². The largest absolute Gasteiger partial charge is 0.493 e. The number of ketones is 1. The zero-order chi connectivity index (χ0) is 15.2. The Morgan fingerprint density at radius 1 is 1.14 bits per heavy atom. The van der Waals surface area contributed by atoms with Gasteiger partial charge in [-0.05, 0) is 29.8 Å². The van der Waals surface area contributed by atoms with Gasteiger partial charge >= 0.3 is 0 Å². The molecule has 0 radical (unpaired) electrons. The highest BCUT2D eigenvalue weighted by Gasteiger charge is 2.15. The molecular weight excluding hydrogens is 271 g/mol. The first-order valence-corrected chi connectivity index (χ1v) is 6.73. The van der Waals surface area contributed by atoms with Crippen molar-refractivity contribution in [3.05, 3.63) is 59.4 Å². The van der Waals surface area contributed by atoms with Crippen LogP contribution in [0.5, 0.6) is 11.5 Å². The number of rotatable bonds is 6. The lowest BCUT2D eigenvalue weighted by Crippen LogP contribution is -2.05. The van der Waals surface area contributed by atoms with Crippen LogP contribution in [0.1, 0.15) is 29.3 Å². The summed E-state index contributed by atoms with van der Waals surface area (Å²) in [7, 11) is 1.53. The highest BCUT2D eigenvalue weighted by molar-refractivity contribution is 5.99. The maximum Gasteiger partial charge on any atom is 0.172 e. The Morgan fingerprint density at radius 2 is 1.86 bits per heavy atom. The molecule has 0 aliphatic heterocycles. The van der Waals surface area contributed by atoms with E-state index in [0.29, 0.717) is 23.5 Å². The lowest BCUT2D eigenvalue weighted by molar-refractivity contribution is 0.0983. The Hall–Kier alpha value is -2.36. The molecule has 0 spiro atoms. The number of benzene rings is 2. The van der Waals surface area contributed by atoms with Gasteiger partial charge in [-0.1, -0.05) is 25.1 Å². The van der Waals surface area contributed by atoms with Crippen molar-refractivity contribution in [3.63, 3.8) is 0 Å². The molecule has 0 aliphatic carbocycles. The van der Waals surface area contributed by atoms with E-state index in [9.17, 15) is 9.18 Å². The molecule has 0 saturated heterocycles. The predicted molar refractivity (Wildman–Crippen MR) is 78.3 cm³/mol. The number of hydrogen-bond donors (Lipinski definition) is 0. The van der Waals surface area contributed by atoms with Gasteiger partial charge in [-0.15, -0.1) is 0 Å². The fraction of sp³-hybridized carbons (Fsp3) is 0.235. The topological polar surface area (TPSA) is 35.5 Å². The van der Waals surface area contributed by atoms with Crippen LogP contribution in [0, 0.1) is 5.82 Å². The first-order chi connectivity index (χ1) is 10.2. The molecular formula is C17H17FO3. The minimum Gasteiger partial charge on any atom is -0.493 e. The second-order valence-corrected chi connectivity index (χ2v) is 4.53. The maximum atomic E-state index is 12.9. The van der Waals surface area contributed by atoms with E-state index < -0.39 is 0 Å². The summed E-state index contributed by atoms with van der Waals surface area (Å²) in [4.78, 5) is 12.0. The molecule has 0 saturated carbocycles. The molecule has 2 aromatic carbocycles. The quantitative estimate of drug-likeness (QED) is 0.753. The highest BCUT2D eigenvalue weighted by atomic mass is 19.1. The Labute approximate surface area is 123 Å². The summed E-state index contributed by atoms with van der Waals surface area (Å²) in [6.45, 7) is 2.04. The first-order valence-electron chi connectivity index (χ1n) is 6.73. The normalized spacial score (nSPS) is 10.2. The molecule has 4 heteroatoms. The average Bonchev–Trinajstić information content (AvgIpc) is 2.53. The lowest BCUT2D eigenvalue weighted by atomic mass is 10.1. The summed E-state index contributed by atoms with van der Waals surface area (Å²) in [5.74, 6) is 0.633. The first kappa shape index (κ1) is 15.0. The van der Waals surface area contributed by atoms with Gasteiger partial charge in [0.25, 0.3) is 0 Å². The van der Waals surface area contributed by atoms with Crippen molar-refractivity contribution in [2.24, 2.45) is 0 Å². The van der Waals surface area contributed by atoms with Crippen molar-refractivity contribution in [3.8, 4) is 11.5 Å². The Bertz CT molecular complexity index is 620. The molecule has 2 rings (SSSR count). The van der Waals surface area contributed by atoms with Crippen LogP contribution in [-0.2, 0) is 6.61 Å². The van der Waals surface area contributed by atoms with Crippen LogP contribution in [0.4, 0.5) is 4.39 Å². The molecule has 0 N–H and O–H groups in total. The molecule has 0 unspecified atom stereocenters. The van der Waals surface area contributed by atoms with Crippen LogP contribution >= 0.6 is 0 Å². The fourth-order valence-corrected chi connectivity index (χ4v) is 1.97. The number of halogens is 1. The van der Waals surface area contributed by atoms with Crippen LogP contribution in [-0.4, -0.2) is 12.9 Å². The molecule has 2 aromatic rings. The molecule has 0 aromatic heterocycles. The molecule has 0 amide bonds. The van der Waals surface area contributed by atoms with E-state index in [2.05, 4.69) is 0 Å². The summed E-state index contributed by atoms with van der Waals surface area (Å²) in [5, 5.41) is 0. The average molecular weight is 288 g/mol. The van der Waals surface area contributed by atoms with Crippen molar-refractivity contribution < 1.29 is 18.7 Å². The van der Waals surface area contributed by atoms with Crippen LogP contribution < -0.4 is 9.47 Å². The summed E-state index contributed by atoms with van der Waals surface area (Å²) >= 11 is 0. The number of hydrogen-bond acceptors (Lipinski definition) is 3. The van der Waals surface area contributed by atoms with Gasteiger partial charge < -0.3 is 9.47 Å². The van der Waals surface area contributed by atoms with Gasteiger partial charge in [-0.3, -0.25) is 4.79 Å². The number of carbonyl (C=O) groups is 1. The standard InChI is InChI=1S/C17H17FO3/c1-3-15(19)14-5-4-6-16(20-2)17(14)21-11-12-7-9-13(18)10-8-12/h4-10H,3,11H2,1-2H3. The number of ether oxygens (including phenoxy) is 2. The second kappa shape index (κ2) is 6.88. The zero-order valence-corrected chi connectivity index (χ0v) is 12.1. The Morgan fingerprint density at radius 3 is 2.48 bits per heavy atom. The second-order valence-electron chi connectivity index (χ2n) is 4.53. The minimum absolute atomic E-state index is 0.0111. The molecule has 0 aliphatic rings. The van der Waals surface area contributed by atoms with E-state index in [1.54, 1.807) is 37.3 Å². The van der Waals surface area contributed by atoms with Crippen LogP contribution in [0.15, 0.2) is 42.5 Å². The van der Waals surface area contributed by atoms with Crippen LogP contribution in [0.3, 0.4) is 0 Å². The molecule has 110 valence electrons. The van der Waals surface area contributed by atoms with Gasteiger partial charge in [0, 0.05) is 6.42 Å². The maximum absolute atomic E-state index is 12.9. The molecule has 21 heavy (non-hydrogen) atoms. The highest BCUT2D eigenvalue weighted by Crippen LogP contribution is 2.32. The van der Waals surface area contributed by atoms with Crippen molar-refractivity contribution in [2.45, 2.75) is 20.0 Å². The van der Waals surface area contributed by atoms with Crippen LogP contribution in [0.2, 0.25) is 0 Å². The number of methoxy groups -OCH3 is 1. The van der Waals surface area contributed by atoms with E-state index in [0.717, 1.165) is 5.56 Å². The van der Waals surface area contributed by atoms with Gasteiger partial charge in [0.2, 0.25) is 0 Å². The van der Waals surface area contributed by atoms with Crippen molar-refractivity contribution in [1.82, 2.24) is 0 Å². The molecule has 0 heterocycles. The Balaban J connectivity index is 2.25. The Kier molecular flexibility index (Phi) is 4.93. The third-order valence-corrected chi connectivity index (χ3v) is 3.12. The molecule has 0 fully saturated rings. The third kappa shape index (κ3) is 3.60. The van der Waals surface area contributed by atoms with E-state index in [1.807, 2.05) is 0 Å². The van der Waals surface area contributed by atoms with Crippen molar-refractivity contribution in [2.75, 3.05) is 7.11 Å². The summed E-state index contributed by atoms with van der Waals surface area (Å²) in [5.41, 5.74) is 1.32. The lowest BCUT2D eigenvalue weighted by Gasteiger charge is -2.14. The zero-order valence-electron chi connectivity index (χ0n) is 12.1. The van der Waals surface area contributed by atoms with Gasteiger partial charge in [0.15, 0.2) is 17.3 Å².